The predicted molar refractivity (Wildman–Crippen MR) is 76.6 cm³/mol. The summed E-state index contributed by atoms with van der Waals surface area (Å²) in [5.41, 5.74) is -0.736. The monoisotopic (exact) mass is 321 g/mol. The van der Waals surface area contributed by atoms with E-state index < -0.39 is 36.5 Å². The van der Waals surface area contributed by atoms with Gasteiger partial charge in [0, 0.05) is 18.2 Å². The molecule has 1 saturated carbocycles. The standard InChI is InChI=1S/C13H23NO6S/c1-6(16)14-7-3-2-4-9(7)21-13-12(19)11(18)10(17)8(5-15)20-13/h7-13,15,17-19H,2-5H2,1H3,(H,14,16)/t7?,8-,9?,10+,11+,12-,13+/m1/s1. The first-order valence-electron chi connectivity index (χ1n) is 7.17. The number of ether oxygens (including phenoxy) is 1. The number of thioether (sulfide) groups is 1. The van der Waals surface area contributed by atoms with Gasteiger partial charge in [0.25, 0.3) is 0 Å². The van der Waals surface area contributed by atoms with Gasteiger partial charge in [0.05, 0.1) is 6.61 Å². The SMILES string of the molecule is CC(=O)NC1CCCC1S[C@@H]1O[C@H](CO)[C@H](O)[C@H](O)[C@H]1O. The van der Waals surface area contributed by atoms with Crippen LogP contribution < -0.4 is 5.32 Å². The van der Waals surface area contributed by atoms with Crippen molar-refractivity contribution in [3.05, 3.63) is 0 Å². The number of amides is 1. The molecule has 1 amide bonds. The largest absolute Gasteiger partial charge is 0.394 e. The Hall–Kier alpha value is -0.380. The molecule has 2 unspecified atom stereocenters. The van der Waals surface area contributed by atoms with E-state index in [1.54, 1.807) is 0 Å². The highest BCUT2D eigenvalue weighted by atomic mass is 32.2. The lowest BCUT2D eigenvalue weighted by Crippen LogP contribution is -2.58. The van der Waals surface area contributed by atoms with Crippen LogP contribution in [0.1, 0.15) is 26.2 Å². The molecule has 7 atom stereocenters. The predicted octanol–water partition coefficient (Wildman–Crippen LogP) is -1.42. The Balaban J connectivity index is 1.98. The zero-order valence-electron chi connectivity index (χ0n) is 11.9. The fourth-order valence-corrected chi connectivity index (χ4v) is 4.44. The molecule has 1 aliphatic heterocycles. The summed E-state index contributed by atoms with van der Waals surface area (Å²) in [6.45, 7) is 1.04. The lowest BCUT2D eigenvalue weighted by Gasteiger charge is -2.41. The summed E-state index contributed by atoms with van der Waals surface area (Å²) >= 11 is 1.34. The van der Waals surface area contributed by atoms with E-state index in [1.165, 1.54) is 18.7 Å². The molecule has 2 aliphatic rings. The van der Waals surface area contributed by atoms with Gasteiger partial charge in [-0.25, -0.2) is 0 Å². The Morgan fingerprint density at radius 3 is 2.57 bits per heavy atom. The maximum absolute atomic E-state index is 11.2. The van der Waals surface area contributed by atoms with Crippen molar-refractivity contribution in [2.75, 3.05) is 6.61 Å². The molecule has 21 heavy (non-hydrogen) atoms. The van der Waals surface area contributed by atoms with Crippen LogP contribution in [0.25, 0.3) is 0 Å². The van der Waals surface area contributed by atoms with Crippen molar-refractivity contribution in [1.82, 2.24) is 5.32 Å². The molecular formula is C13H23NO6S. The Morgan fingerprint density at radius 1 is 1.24 bits per heavy atom. The normalized spacial score (nSPS) is 43.8. The molecule has 2 rings (SSSR count). The van der Waals surface area contributed by atoms with Gasteiger partial charge in [0.1, 0.15) is 29.9 Å². The number of nitrogens with one attached hydrogen (secondary N) is 1. The number of aliphatic hydroxyl groups is 4. The molecule has 5 N–H and O–H groups in total. The second-order valence-corrected chi connectivity index (χ2v) is 6.95. The van der Waals surface area contributed by atoms with Crippen molar-refractivity contribution in [2.45, 2.75) is 67.3 Å². The lowest BCUT2D eigenvalue weighted by atomic mass is 10.0. The van der Waals surface area contributed by atoms with Crippen LogP contribution in [0, 0.1) is 0 Å². The van der Waals surface area contributed by atoms with E-state index >= 15 is 0 Å². The van der Waals surface area contributed by atoms with Crippen LogP contribution in [0.4, 0.5) is 0 Å². The van der Waals surface area contributed by atoms with Gasteiger partial charge in [-0.15, -0.1) is 11.8 Å². The van der Waals surface area contributed by atoms with Crippen molar-refractivity contribution >= 4 is 17.7 Å². The van der Waals surface area contributed by atoms with Gasteiger partial charge in [-0.2, -0.15) is 0 Å². The van der Waals surface area contributed by atoms with E-state index in [9.17, 15) is 25.2 Å². The molecule has 7 nitrogen and oxygen atoms in total. The minimum absolute atomic E-state index is 0.0138. The summed E-state index contributed by atoms with van der Waals surface area (Å²) in [6.07, 6.45) is -2.09. The first-order chi connectivity index (χ1) is 9.93. The molecule has 0 aromatic heterocycles. The third kappa shape index (κ3) is 3.88. The average molecular weight is 321 g/mol. The fraction of sp³-hybridized carbons (Fsp3) is 0.923. The lowest BCUT2D eigenvalue weighted by molar-refractivity contribution is -0.205. The smallest absolute Gasteiger partial charge is 0.217 e. The van der Waals surface area contributed by atoms with Crippen molar-refractivity contribution in [2.24, 2.45) is 0 Å². The molecule has 122 valence electrons. The third-order valence-electron chi connectivity index (χ3n) is 4.00. The first-order valence-corrected chi connectivity index (χ1v) is 8.11. The summed E-state index contributed by atoms with van der Waals surface area (Å²) in [4.78, 5) is 11.2. The molecule has 0 aromatic carbocycles. The Kier molecular flexibility index (Phi) is 5.87. The van der Waals surface area contributed by atoms with E-state index in [4.69, 9.17) is 4.74 Å². The van der Waals surface area contributed by atoms with E-state index in [0.717, 1.165) is 19.3 Å². The molecular weight excluding hydrogens is 298 g/mol. The average Bonchev–Trinajstić information content (AvgIpc) is 2.86. The number of aliphatic hydroxyl groups excluding tert-OH is 4. The summed E-state index contributed by atoms with van der Waals surface area (Å²) < 4.78 is 5.49. The van der Waals surface area contributed by atoms with Gasteiger partial charge in [0.2, 0.25) is 5.91 Å². The summed E-state index contributed by atoms with van der Waals surface area (Å²) in [7, 11) is 0. The highest BCUT2D eigenvalue weighted by molar-refractivity contribution is 8.00. The highest BCUT2D eigenvalue weighted by Crippen LogP contribution is 2.37. The van der Waals surface area contributed by atoms with Crippen LogP contribution in [-0.2, 0) is 9.53 Å². The van der Waals surface area contributed by atoms with Gasteiger partial charge in [-0.05, 0) is 12.8 Å². The Morgan fingerprint density at radius 2 is 1.95 bits per heavy atom. The summed E-state index contributed by atoms with van der Waals surface area (Å²) in [5, 5.41) is 41.7. The second kappa shape index (κ2) is 7.26. The molecule has 1 aliphatic carbocycles. The first kappa shape index (κ1) is 17.0. The van der Waals surface area contributed by atoms with Crippen LogP contribution in [0.3, 0.4) is 0 Å². The summed E-state index contributed by atoms with van der Waals surface area (Å²) in [6, 6.07) is 0.0138. The molecule has 0 spiro atoms. The van der Waals surface area contributed by atoms with E-state index in [2.05, 4.69) is 5.32 Å². The van der Waals surface area contributed by atoms with Gasteiger partial charge in [-0.3, -0.25) is 4.79 Å². The molecule has 0 radical (unpaired) electrons. The number of hydrogen-bond acceptors (Lipinski definition) is 7. The van der Waals surface area contributed by atoms with Gasteiger partial charge in [0.15, 0.2) is 0 Å². The minimum Gasteiger partial charge on any atom is -0.394 e. The Bertz CT molecular complexity index is 369. The molecule has 8 heteroatoms. The molecule has 0 aromatic rings. The van der Waals surface area contributed by atoms with Gasteiger partial charge >= 0.3 is 0 Å². The van der Waals surface area contributed by atoms with Crippen LogP contribution in [0.5, 0.6) is 0 Å². The van der Waals surface area contributed by atoms with E-state index in [1.807, 2.05) is 0 Å². The van der Waals surface area contributed by atoms with Crippen LogP contribution in [-0.4, -0.2) is 74.1 Å². The Labute approximate surface area is 127 Å². The highest BCUT2D eigenvalue weighted by Gasteiger charge is 2.45. The maximum Gasteiger partial charge on any atom is 0.217 e. The molecule has 2 fully saturated rings. The zero-order chi connectivity index (χ0) is 15.6. The molecule has 0 bridgehead atoms. The van der Waals surface area contributed by atoms with Crippen molar-refractivity contribution < 1.29 is 30.0 Å². The quantitative estimate of drug-likeness (QED) is 0.431. The number of hydrogen-bond donors (Lipinski definition) is 5. The van der Waals surface area contributed by atoms with E-state index in [-0.39, 0.29) is 17.2 Å². The van der Waals surface area contributed by atoms with Crippen molar-refractivity contribution in [1.29, 1.82) is 0 Å². The van der Waals surface area contributed by atoms with Crippen molar-refractivity contribution in [3.8, 4) is 0 Å². The fourth-order valence-electron chi connectivity index (χ4n) is 2.87. The van der Waals surface area contributed by atoms with Gasteiger partial charge < -0.3 is 30.5 Å². The van der Waals surface area contributed by atoms with Crippen molar-refractivity contribution in [3.63, 3.8) is 0 Å². The maximum atomic E-state index is 11.2. The summed E-state index contributed by atoms with van der Waals surface area (Å²) in [5.74, 6) is -0.0960. The van der Waals surface area contributed by atoms with E-state index in [0.29, 0.717) is 0 Å². The number of carbonyl (C=O) groups is 1. The van der Waals surface area contributed by atoms with Crippen LogP contribution in [0.2, 0.25) is 0 Å². The third-order valence-corrected chi connectivity index (χ3v) is 5.57. The zero-order valence-corrected chi connectivity index (χ0v) is 12.7. The van der Waals surface area contributed by atoms with Gasteiger partial charge in [-0.1, -0.05) is 6.42 Å². The number of rotatable bonds is 4. The molecule has 1 saturated heterocycles. The molecule has 1 heterocycles. The van der Waals surface area contributed by atoms with Crippen LogP contribution >= 0.6 is 11.8 Å². The van der Waals surface area contributed by atoms with Crippen LogP contribution in [0.15, 0.2) is 0 Å². The number of carbonyl (C=O) groups excluding carboxylic acids is 1. The topological polar surface area (TPSA) is 119 Å². The minimum atomic E-state index is -1.35. The second-order valence-electron chi connectivity index (χ2n) is 5.61.